The maximum absolute atomic E-state index is 12.2. The summed E-state index contributed by atoms with van der Waals surface area (Å²) in [4.78, 5) is 1.65. The molecule has 0 saturated heterocycles. The van der Waals surface area contributed by atoms with Gasteiger partial charge in [0.05, 0.1) is 13.5 Å². The molecule has 0 spiro atoms. The molecule has 0 fully saturated rings. The van der Waals surface area contributed by atoms with Crippen LogP contribution in [-0.4, -0.2) is 38.8 Å². The second kappa shape index (κ2) is 7.50. The number of alkyl halides is 3. The minimum atomic E-state index is -4.12. The summed E-state index contributed by atoms with van der Waals surface area (Å²) in [6, 6.07) is 5.74. The highest BCUT2D eigenvalue weighted by atomic mass is 19.4. The second-order valence-corrected chi connectivity index (χ2v) is 4.78. The Morgan fingerprint density at radius 1 is 1.30 bits per heavy atom. The van der Waals surface area contributed by atoms with Crippen molar-refractivity contribution in [1.82, 2.24) is 10.2 Å². The molecule has 0 amide bonds. The molecule has 0 radical (unpaired) electrons. The van der Waals surface area contributed by atoms with Gasteiger partial charge in [-0.25, -0.2) is 0 Å². The van der Waals surface area contributed by atoms with E-state index in [0.717, 1.165) is 11.1 Å². The predicted molar refractivity (Wildman–Crippen MR) is 72.8 cm³/mol. The van der Waals surface area contributed by atoms with Crippen molar-refractivity contribution >= 4 is 0 Å². The van der Waals surface area contributed by atoms with Crippen LogP contribution in [0.3, 0.4) is 0 Å². The molecule has 3 nitrogen and oxygen atoms in total. The van der Waals surface area contributed by atoms with E-state index in [4.69, 9.17) is 4.74 Å². The van der Waals surface area contributed by atoms with Gasteiger partial charge in [0.25, 0.3) is 0 Å². The van der Waals surface area contributed by atoms with Gasteiger partial charge in [-0.1, -0.05) is 6.07 Å². The van der Waals surface area contributed by atoms with Gasteiger partial charge in [0.2, 0.25) is 0 Å². The second-order valence-electron chi connectivity index (χ2n) is 4.78. The highest BCUT2D eigenvalue weighted by Gasteiger charge is 2.27. The van der Waals surface area contributed by atoms with Crippen LogP contribution < -0.4 is 10.1 Å². The minimum absolute atomic E-state index is 0.0249. The van der Waals surface area contributed by atoms with Crippen LogP contribution in [-0.2, 0) is 13.1 Å². The molecule has 0 aromatic heterocycles. The number of halogens is 3. The lowest BCUT2D eigenvalue weighted by molar-refractivity contribution is -0.137. The first-order valence-electron chi connectivity index (χ1n) is 6.41. The van der Waals surface area contributed by atoms with E-state index in [1.807, 2.05) is 25.2 Å². The van der Waals surface area contributed by atoms with Gasteiger partial charge in [-0.3, -0.25) is 0 Å². The minimum Gasteiger partial charge on any atom is -0.496 e. The molecular weight excluding hydrogens is 269 g/mol. The Hall–Kier alpha value is -1.27. The van der Waals surface area contributed by atoms with Gasteiger partial charge in [0.15, 0.2) is 0 Å². The molecule has 0 bridgehead atoms. The molecule has 114 valence electrons. The predicted octanol–water partition coefficient (Wildman–Crippen LogP) is 2.80. The number of methoxy groups -OCH3 is 1. The van der Waals surface area contributed by atoms with Crippen LogP contribution in [0.4, 0.5) is 13.2 Å². The average Bonchev–Trinajstić information content (AvgIpc) is 2.36. The van der Waals surface area contributed by atoms with E-state index in [9.17, 15) is 13.2 Å². The van der Waals surface area contributed by atoms with Crippen molar-refractivity contribution in [3.05, 3.63) is 29.3 Å². The van der Waals surface area contributed by atoms with Crippen molar-refractivity contribution in [2.24, 2.45) is 0 Å². The van der Waals surface area contributed by atoms with Crippen molar-refractivity contribution in [2.75, 3.05) is 27.7 Å². The molecule has 0 saturated carbocycles. The van der Waals surface area contributed by atoms with Crippen LogP contribution in [0.5, 0.6) is 5.75 Å². The standard InChI is InChI=1S/C14H21F3N2O/c1-18-9-11-4-5-13(20-3)12(8-11)10-19(2)7-6-14(15,16)17/h4-5,8,18H,6-7,9-10H2,1-3H3. The van der Waals surface area contributed by atoms with Crippen molar-refractivity contribution in [3.8, 4) is 5.75 Å². The summed E-state index contributed by atoms with van der Waals surface area (Å²) in [5.41, 5.74) is 1.97. The lowest BCUT2D eigenvalue weighted by atomic mass is 10.1. The van der Waals surface area contributed by atoms with Crippen molar-refractivity contribution < 1.29 is 17.9 Å². The SMILES string of the molecule is CNCc1ccc(OC)c(CN(C)CCC(F)(F)F)c1. The fourth-order valence-corrected chi connectivity index (χ4v) is 1.96. The van der Waals surface area contributed by atoms with Gasteiger partial charge in [0, 0.05) is 25.2 Å². The fourth-order valence-electron chi connectivity index (χ4n) is 1.96. The van der Waals surface area contributed by atoms with Gasteiger partial charge >= 0.3 is 6.18 Å². The quantitative estimate of drug-likeness (QED) is 0.835. The van der Waals surface area contributed by atoms with E-state index in [2.05, 4.69) is 5.32 Å². The number of nitrogens with one attached hydrogen (secondary N) is 1. The summed E-state index contributed by atoms with van der Waals surface area (Å²) in [5.74, 6) is 0.698. The number of rotatable bonds is 7. The molecule has 0 aliphatic heterocycles. The van der Waals surface area contributed by atoms with Crippen LogP contribution >= 0.6 is 0 Å². The molecule has 20 heavy (non-hydrogen) atoms. The molecule has 1 rings (SSSR count). The molecule has 1 aromatic rings. The van der Waals surface area contributed by atoms with E-state index >= 15 is 0 Å². The van der Waals surface area contributed by atoms with Gasteiger partial charge in [-0.2, -0.15) is 13.2 Å². The first kappa shape index (κ1) is 16.8. The van der Waals surface area contributed by atoms with Gasteiger partial charge < -0.3 is 15.0 Å². The Morgan fingerprint density at radius 3 is 2.55 bits per heavy atom. The molecule has 1 aromatic carbocycles. The van der Waals surface area contributed by atoms with Crippen molar-refractivity contribution in [1.29, 1.82) is 0 Å². The molecule has 0 atom stereocenters. The summed E-state index contributed by atoms with van der Waals surface area (Å²) >= 11 is 0. The van der Waals surface area contributed by atoms with Crippen LogP contribution in [0.25, 0.3) is 0 Å². The molecule has 1 N–H and O–H groups in total. The third kappa shape index (κ3) is 5.79. The summed E-state index contributed by atoms with van der Waals surface area (Å²) in [7, 11) is 5.08. The van der Waals surface area contributed by atoms with Crippen LogP contribution in [0.2, 0.25) is 0 Å². The first-order chi connectivity index (χ1) is 9.35. The van der Waals surface area contributed by atoms with Gasteiger partial charge in [-0.15, -0.1) is 0 Å². The lowest BCUT2D eigenvalue weighted by Gasteiger charge is -2.19. The molecule has 0 heterocycles. The summed E-state index contributed by atoms with van der Waals surface area (Å²) in [6.07, 6.45) is -4.92. The zero-order valence-corrected chi connectivity index (χ0v) is 12.0. The summed E-state index contributed by atoms with van der Waals surface area (Å²) in [5, 5.41) is 3.04. The Labute approximate surface area is 117 Å². The molecule has 0 aliphatic carbocycles. The van der Waals surface area contributed by atoms with Crippen LogP contribution in [0, 0.1) is 0 Å². The lowest BCUT2D eigenvalue weighted by Crippen LogP contribution is -2.24. The Morgan fingerprint density at radius 2 is 2.00 bits per heavy atom. The zero-order valence-electron chi connectivity index (χ0n) is 12.0. The van der Waals surface area contributed by atoms with E-state index in [-0.39, 0.29) is 6.54 Å². The Balaban J connectivity index is 2.71. The van der Waals surface area contributed by atoms with Crippen molar-refractivity contribution in [3.63, 3.8) is 0 Å². The molecular formula is C14H21F3N2O. The number of nitrogens with zero attached hydrogens (tertiary/aromatic N) is 1. The first-order valence-corrected chi connectivity index (χ1v) is 6.41. The maximum Gasteiger partial charge on any atom is 0.390 e. The average molecular weight is 290 g/mol. The van der Waals surface area contributed by atoms with E-state index in [0.29, 0.717) is 18.8 Å². The maximum atomic E-state index is 12.2. The largest absolute Gasteiger partial charge is 0.496 e. The number of benzene rings is 1. The van der Waals surface area contributed by atoms with E-state index < -0.39 is 12.6 Å². The van der Waals surface area contributed by atoms with Crippen molar-refractivity contribution in [2.45, 2.75) is 25.7 Å². The van der Waals surface area contributed by atoms with E-state index in [1.165, 1.54) is 0 Å². The van der Waals surface area contributed by atoms with Crippen LogP contribution in [0.1, 0.15) is 17.5 Å². The Bertz CT molecular complexity index is 421. The summed E-state index contributed by atoms with van der Waals surface area (Å²) in [6.45, 7) is 1.11. The molecule has 6 heteroatoms. The Kier molecular flexibility index (Phi) is 6.29. The highest BCUT2D eigenvalue weighted by Crippen LogP contribution is 2.23. The molecule has 0 unspecified atom stereocenters. The topological polar surface area (TPSA) is 24.5 Å². The number of hydrogen-bond acceptors (Lipinski definition) is 3. The zero-order chi connectivity index (χ0) is 15.2. The normalized spacial score (nSPS) is 11.9. The van der Waals surface area contributed by atoms with Crippen LogP contribution in [0.15, 0.2) is 18.2 Å². The van der Waals surface area contributed by atoms with E-state index in [1.54, 1.807) is 19.1 Å². The monoisotopic (exact) mass is 290 g/mol. The smallest absolute Gasteiger partial charge is 0.390 e. The van der Waals surface area contributed by atoms with Gasteiger partial charge in [-0.05, 0) is 31.8 Å². The molecule has 0 aliphatic rings. The highest BCUT2D eigenvalue weighted by molar-refractivity contribution is 5.37. The third-order valence-electron chi connectivity index (χ3n) is 2.94. The number of ether oxygens (including phenoxy) is 1. The summed E-state index contributed by atoms with van der Waals surface area (Å²) < 4.78 is 41.9. The van der Waals surface area contributed by atoms with Gasteiger partial charge in [0.1, 0.15) is 5.75 Å². The number of hydrogen-bond donors (Lipinski definition) is 1. The third-order valence-corrected chi connectivity index (χ3v) is 2.94. The fraction of sp³-hybridized carbons (Fsp3) is 0.571.